The van der Waals surface area contributed by atoms with Gasteiger partial charge in [-0.1, -0.05) is 6.07 Å². The minimum atomic E-state index is -1.07. The maximum absolute atomic E-state index is 12.6. The lowest BCUT2D eigenvalue weighted by molar-refractivity contribution is -0.149. The number of likely N-dealkylation sites (tertiary alicyclic amines) is 1. The Labute approximate surface area is 146 Å². The van der Waals surface area contributed by atoms with Crippen molar-refractivity contribution in [1.29, 1.82) is 0 Å². The molecule has 0 aromatic carbocycles. The molecule has 136 valence electrons. The lowest BCUT2D eigenvalue weighted by Gasteiger charge is -2.28. The number of ether oxygens (including phenoxy) is 1. The SMILES string of the molecule is CC(C)(C)OC(=O)NCC(=O)N1C(C(=O)O)CCC1c1ccccn1. The van der Waals surface area contributed by atoms with Gasteiger partial charge in [0.25, 0.3) is 0 Å². The van der Waals surface area contributed by atoms with Crippen LogP contribution in [0.5, 0.6) is 0 Å². The number of carboxylic acid groups (broad SMARTS) is 1. The van der Waals surface area contributed by atoms with Crippen molar-refractivity contribution in [3.05, 3.63) is 30.1 Å². The van der Waals surface area contributed by atoms with E-state index in [1.54, 1.807) is 45.2 Å². The number of nitrogens with one attached hydrogen (secondary N) is 1. The van der Waals surface area contributed by atoms with Crippen molar-refractivity contribution in [3.63, 3.8) is 0 Å². The number of nitrogens with zero attached hydrogens (tertiary/aromatic N) is 2. The van der Waals surface area contributed by atoms with Crippen molar-refractivity contribution in [1.82, 2.24) is 15.2 Å². The van der Waals surface area contributed by atoms with Gasteiger partial charge in [-0.3, -0.25) is 9.78 Å². The molecule has 0 radical (unpaired) electrons. The third-order valence-electron chi connectivity index (χ3n) is 3.77. The summed E-state index contributed by atoms with van der Waals surface area (Å²) in [5.74, 6) is -1.55. The van der Waals surface area contributed by atoms with E-state index in [9.17, 15) is 19.5 Å². The molecule has 0 aliphatic carbocycles. The molecular formula is C17H23N3O5. The molecule has 2 heterocycles. The quantitative estimate of drug-likeness (QED) is 0.857. The normalized spacial score (nSPS) is 20.2. The third-order valence-corrected chi connectivity index (χ3v) is 3.77. The second kappa shape index (κ2) is 7.50. The smallest absolute Gasteiger partial charge is 0.408 e. The Morgan fingerprint density at radius 3 is 2.60 bits per heavy atom. The van der Waals surface area contributed by atoms with Crippen molar-refractivity contribution in [3.8, 4) is 0 Å². The van der Waals surface area contributed by atoms with E-state index >= 15 is 0 Å². The Kier molecular flexibility index (Phi) is 5.61. The van der Waals surface area contributed by atoms with Crippen LogP contribution in [0.4, 0.5) is 4.79 Å². The number of hydrogen-bond donors (Lipinski definition) is 2. The summed E-state index contributed by atoms with van der Waals surface area (Å²) < 4.78 is 5.09. The zero-order chi connectivity index (χ0) is 18.6. The van der Waals surface area contributed by atoms with Crippen molar-refractivity contribution in [2.45, 2.75) is 51.3 Å². The highest BCUT2D eigenvalue weighted by molar-refractivity contribution is 5.87. The molecule has 2 atom stereocenters. The van der Waals surface area contributed by atoms with Crippen molar-refractivity contribution in [2.75, 3.05) is 6.54 Å². The second-order valence-electron chi connectivity index (χ2n) is 6.86. The maximum atomic E-state index is 12.6. The highest BCUT2D eigenvalue weighted by Crippen LogP contribution is 2.35. The van der Waals surface area contributed by atoms with Gasteiger partial charge >= 0.3 is 12.1 Å². The van der Waals surface area contributed by atoms with Crippen LogP contribution in [-0.2, 0) is 14.3 Å². The van der Waals surface area contributed by atoms with Gasteiger partial charge in [-0.15, -0.1) is 0 Å². The van der Waals surface area contributed by atoms with Crippen LogP contribution >= 0.6 is 0 Å². The lowest BCUT2D eigenvalue weighted by Crippen LogP contribution is -2.47. The molecule has 8 heteroatoms. The fraction of sp³-hybridized carbons (Fsp3) is 0.529. The number of alkyl carbamates (subject to hydrolysis) is 1. The number of carboxylic acids is 1. The summed E-state index contributed by atoms with van der Waals surface area (Å²) in [5.41, 5.74) is -0.0437. The Morgan fingerprint density at radius 2 is 2.04 bits per heavy atom. The molecule has 2 N–H and O–H groups in total. The van der Waals surface area contributed by atoms with E-state index in [4.69, 9.17) is 4.74 Å². The molecule has 2 rings (SSSR count). The first-order valence-corrected chi connectivity index (χ1v) is 8.11. The van der Waals surface area contributed by atoms with Gasteiger partial charge in [-0.25, -0.2) is 9.59 Å². The Hall–Kier alpha value is -2.64. The molecule has 1 fully saturated rings. The van der Waals surface area contributed by atoms with Crippen LogP contribution in [0.3, 0.4) is 0 Å². The van der Waals surface area contributed by atoms with E-state index in [2.05, 4.69) is 10.3 Å². The summed E-state index contributed by atoms with van der Waals surface area (Å²) in [6.45, 7) is 4.81. The van der Waals surface area contributed by atoms with E-state index in [0.717, 1.165) is 0 Å². The predicted octanol–water partition coefficient (Wildman–Crippen LogP) is 1.72. The fourth-order valence-corrected chi connectivity index (χ4v) is 2.82. The molecule has 0 bridgehead atoms. The summed E-state index contributed by atoms with van der Waals surface area (Å²) >= 11 is 0. The van der Waals surface area contributed by atoms with Gasteiger partial charge in [0, 0.05) is 6.20 Å². The van der Waals surface area contributed by atoms with Gasteiger partial charge in [0.15, 0.2) is 0 Å². The first kappa shape index (κ1) is 18.7. The number of hydrogen-bond acceptors (Lipinski definition) is 5. The third kappa shape index (κ3) is 4.91. The summed E-state index contributed by atoms with van der Waals surface area (Å²) in [6.07, 6.45) is 1.73. The van der Waals surface area contributed by atoms with Crippen molar-refractivity contribution >= 4 is 18.0 Å². The number of amides is 2. The fourth-order valence-electron chi connectivity index (χ4n) is 2.82. The molecule has 8 nitrogen and oxygen atoms in total. The number of aliphatic carboxylic acids is 1. The topological polar surface area (TPSA) is 109 Å². The average Bonchev–Trinajstić information content (AvgIpc) is 2.97. The van der Waals surface area contributed by atoms with Gasteiger partial charge in [-0.2, -0.15) is 0 Å². The van der Waals surface area contributed by atoms with Crippen molar-refractivity contribution in [2.24, 2.45) is 0 Å². The van der Waals surface area contributed by atoms with E-state index in [0.29, 0.717) is 18.5 Å². The van der Waals surface area contributed by atoms with Crippen LogP contribution in [0, 0.1) is 0 Å². The molecule has 1 aromatic rings. The molecule has 1 aliphatic rings. The standard InChI is InChI=1S/C17H23N3O5/c1-17(2,3)25-16(24)19-10-14(21)20-12(7-8-13(20)15(22)23)11-6-4-5-9-18-11/h4-6,9,12-13H,7-8,10H2,1-3H3,(H,19,24)(H,22,23). The minimum Gasteiger partial charge on any atom is -0.480 e. The highest BCUT2D eigenvalue weighted by Gasteiger charge is 2.42. The first-order valence-electron chi connectivity index (χ1n) is 8.11. The molecule has 25 heavy (non-hydrogen) atoms. The largest absolute Gasteiger partial charge is 0.480 e. The molecule has 2 amide bonds. The highest BCUT2D eigenvalue weighted by atomic mass is 16.6. The van der Waals surface area contributed by atoms with Gasteiger partial charge in [0.1, 0.15) is 18.2 Å². The number of carbonyl (C=O) groups is 3. The van der Waals surface area contributed by atoms with Gasteiger partial charge in [0.05, 0.1) is 11.7 Å². The van der Waals surface area contributed by atoms with Gasteiger partial charge in [0.2, 0.25) is 5.91 Å². The van der Waals surface area contributed by atoms with Gasteiger partial charge in [-0.05, 0) is 45.7 Å². The molecule has 0 spiro atoms. The van der Waals surface area contributed by atoms with Crippen molar-refractivity contribution < 1.29 is 24.2 Å². The molecule has 1 aromatic heterocycles. The summed E-state index contributed by atoms with van der Waals surface area (Å²) in [5, 5.41) is 11.8. The van der Waals surface area contributed by atoms with Crippen LogP contribution in [0.15, 0.2) is 24.4 Å². The monoisotopic (exact) mass is 349 g/mol. The zero-order valence-electron chi connectivity index (χ0n) is 14.6. The Balaban J connectivity index is 2.09. The van der Waals surface area contributed by atoms with E-state index in [1.165, 1.54) is 4.90 Å². The van der Waals surface area contributed by atoms with Crippen LogP contribution < -0.4 is 5.32 Å². The number of pyridine rings is 1. The summed E-state index contributed by atoms with van der Waals surface area (Å²) in [7, 11) is 0. The summed E-state index contributed by atoms with van der Waals surface area (Å²) in [6, 6.07) is 3.95. The molecule has 1 aliphatic heterocycles. The summed E-state index contributed by atoms with van der Waals surface area (Å²) in [4.78, 5) is 41.3. The van der Waals surface area contributed by atoms with Crippen LogP contribution in [0.2, 0.25) is 0 Å². The van der Waals surface area contributed by atoms with E-state index in [1.807, 2.05) is 0 Å². The average molecular weight is 349 g/mol. The van der Waals surface area contributed by atoms with Gasteiger partial charge < -0.3 is 20.1 Å². The second-order valence-corrected chi connectivity index (χ2v) is 6.86. The lowest BCUT2D eigenvalue weighted by atomic mass is 10.1. The first-order chi connectivity index (χ1) is 11.7. The Morgan fingerprint density at radius 1 is 1.32 bits per heavy atom. The van der Waals surface area contributed by atoms with Crippen LogP contribution in [0.25, 0.3) is 0 Å². The number of aromatic nitrogens is 1. The number of rotatable bonds is 4. The van der Waals surface area contributed by atoms with E-state index < -0.39 is 35.7 Å². The maximum Gasteiger partial charge on any atom is 0.408 e. The Bertz CT molecular complexity index is 641. The van der Waals surface area contributed by atoms with Crippen LogP contribution in [0.1, 0.15) is 45.3 Å². The molecular weight excluding hydrogens is 326 g/mol. The van der Waals surface area contributed by atoms with E-state index in [-0.39, 0.29) is 6.54 Å². The predicted molar refractivity (Wildman–Crippen MR) is 88.7 cm³/mol. The van der Waals surface area contributed by atoms with Crippen LogP contribution in [-0.4, -0.2) is 51.1 Å². The molecule has 1 saturated heterocycles. The zero-order valence-corrected chi connectivity index (χ0v) is 14.6. The number of carbonyl (C=O) groups excluding carboxylic acids is 2. The molecule has 2 unspecified atom stereocenters. The minimum absolute atomic E-state index is 0.331. The molecule has 0 saturated carbocycles.